The zero-order chi connectivity index (χ0) is 13.7. The molecule has 19 heavy (non-hydrogen) atoms. The van der Waals surface area contributed by atoms with Gasteiger partial charge in [0, 0.05) is 12.6 Å². The molecule has 1 aromatic heterocycles. The van der Waals surface area contributed by atoms with Crippen LogP contribution >= 0.6 is 23.1 Å². The molecule has 0 bridgehead atoms. The van der Waals surface area contributed by atoms with E-state index < -0.39 is 0 Å². The first-order valence-corrected chi connectivity index (χ1v) is 8.73. The van der Waals surface area contributed by atoms with Crippen LogP contribution in [0.3, 0.4) is 0 Å². The fourth-order valence-electron chi connectivity index (χ4n) is 2.57. The Morgan fingerprint density at radius 1 is 1.37 bits per heavy atom. The molecule has 1 aliphatic carbocycles. The van der Waals surface area contributed by atoms with Gasteiger partial charge in [0.25, 0.3) is 0 Å². The quantitative estimate of drug-likeness (QED) is 0.784. The van der Waals surface area contributed by atoms with Crippen LogP contribution < -0.4 is 0 Å². The van der Waals surface area contributed by atoms with Crippen LogP contribution in [-0.4, -0.2) is 39.3 Å². The number of carbonyl (C=O) groups is 1. The van der Waals surface area contributed by atoms with Gasteiger partial charge in [0.2, 0.25) is 5.91 Å². The number of amides is 1. The smallest absolute Gasteiger partial charge is 0.233 e. The lowest BCUT2D eigenvalue weighted by atomic mass is 9.94. The van der Waals surface area contributed by atoms with Gasteiger partial charge in [0.1, 0.15) is 5.01 Å². The Kier molecular flexibility index (Phi) is 5.63. The van der Waals surface area contributed by atoms with Gasteiger partial charge >= 0.3 is 0 Å². The Morgan fingerprint density at radius 3 is 2.68 bits per heavy atom. The highest BCUT2D eigenvalue weighted by molar-refractivity contribution is 8.01. The zero-order valence-corrected chi connectivity index (χ0v) is 13.2. The molecule has 1 aliphatic rings. The molecule has 0 aromatic carbocycles. The summed E-state index contributed by atoms with van der Waals surface area (Å²) in [4.78, 5) is 14.4. The summed E-state index contributed by atoms with van der Waals surface area (Å²) in [5.74, 6) is 0.728. The van der Waals surface area contributed by atoms with Gasteiger partial charge in [-0.25, -0.2) is 0 Å². The predicted molar refractivity (Wildman–Crippen MR) is 79.6 cm³/mol. The van der Waals surface area contributed by atoms with Crippen LogP contribution in [0.2, 0.25) is 0 Å². The van der Waals surface area contributed by atoms with E-state index in [4.69, 9.17) is 0 Å². The highest BCUT2D eigenvalue weighted by atomic mass is 32.2. The van der Waals surface area contributed by atoms with Crippen molar-refractivity contribution in [3.8, 4) is 0 Å². The molecule has 0 saturated heterocycles. The van der Waals surface area contributed by atoms with Crippen LogP contribution in [0.5, 0.6) is 0 Å². The van der Waals surface area contributed by atoms with Gasteiger partial charge in [0.15, 0.2) is 4.34 Å². The van der Waals surface area contributed by atoms with Crippen LogP contribution in [0, 0.1) is 6.92 Å². The Labute approximate surface area is 123 Å². The first-order chi connectivity index (χ1) is 9.20. The van der Waals surface area contributed by atoms with Crippen molar-refractivity contribution in [2.45, 2.75) is 56.3 Å². The van der Waals surface area contributed by atoms with Gasteiger partial charge in [-0.15, -0.1) is 10.2 Å². The minimum Gasteiger partial charge on any atom is -0.339 e. The van der Waals surface area contributed by atoms with Crippen molar-refractivity contribution in [1.29, 1.82) is 0 Å². The van der Waals surface area contributed by atoms with E-state index in [9.17, 15) is 4.79 Å². The minimum atomic E-state index is 0.243. The topological polar surface area (TPSA) is 46.1 Å². The van der Waals surface area contributed by atoms with Gasteiger partial charge in [-0.05, 0) is 26.7 Å². The summed E-state index contributed by atoms with van der Waals surface area (Å²) >= 11 is 3.07. The molecule has 2 rings (SSSR count). The molecule has 1 heterocycles. The lowest BCUT2D eigenvalue weighted by Crippen LogP contribution is -2.42. The van der Waals surface area contributed by atoms with E-state index >= 15 is 0 Å². The first-order valence-electron chi connectivity index (χ1n) is 6.93. The van der Waals surface area contributed by atoms with Crippen molar-refractivity contribution < 1.29 is 4.79 Å². The third-order valence-electron chi connectivity index (χ3n) is 3.50. The number of thioether (sulfide) groups is 1. The summed E-state index contributed by atoms with van der Waals surface area (Å²) in [6.45, 7) is 4.83. The average Bonchev–Trinajstić information content (AvgIpc) is 2.84. The lowest BCUT2D eigenvalue weighted by Gasteiger charge is -2.33. The van der Waals surface area contributed by atoms with E-state index in [1.165, 1.54) is 43.9 Å². The second-order valence-corrected chi connectivity index (χ2v) is 7.25. The van der Waals surface area contributed by atoms with Crippen molar-refractivity contribution in [2.24, 2.45) is 0 Å². The summed E-state index contributed by atoms with van der Waals surface area (Å²) < 4.78 is 0.894. The minimum absolute atomic E-state index is 0.243. The fraction of sp³-hybridized carbons (Fsp3) is 0.769. The molecule has 0 atom stereocenters. The highest BCUT2D eigenvalue weighted by Gasteiger charge is 2.24. The Hall–Kier alpha value is -0.620. The molecule has 0 radical (unpaired) electrons. The van der Waals surface area contributed by atoms with E-state index in [0.717, 1.165) is 15.9 Å². The SMILES string of the molecule is CCN(C(=O)CSc1nnc(C)s1)C1CCCCC1. The number of carbonyl (C=O) groups excluding carboxylic acids is 1. The molecule has 0 N–H and O–H groups in total. The van der Waals surface area contributed by atoms with Gasteiger partial charge < -0.3 is 4.90 Å². The third-order valence-corrected chi connectivity index (χ3v) is 5.46. The second-order valence-electron chi connectivity index (χ2n) is 4.85. The molecule has 6 heteroatoms. The van der Waals surface area contributed by atoms with Gasteiger partial charge in [0.05, 0.1) is 5.75 Å². The molecule has 1 saturated carbocycles. The summed E-state index contributed by atoms with van der Waals surface area (Å²) in [6.07, 6.45) is 6.18. The third kappa shape index (κ3) is 4.18. The van der Waals surface area contributed by atoms with Gasteiger partial charge in [-0.1, -0.05) is 42.4 Å². The van der Waals surface area contributed by atoms with Crippen LogP contribution in [0.1, 0.15) is 44.0 Å². The number of rotatable bonds is 5. The molecule has 0 spiro atoms. The number of nitrogens with zero attached hydrogens (tertiary/aromatic N) is 3. The molecular weight excluding hydrogens is 278 g/mol. The van der Waals surface area contributed by atoms with Crippen LogP contribution in [0.25, 0.3) is 0 Å². The zero-order valence-electron chi connectivity index (χ0n) is 11.6. The Bertz CT molecular complexity index is 416. The van der Waals surface area contributed by atoms with E-state index in [1.54, 1.807) is 11.3 Å². The van der Waals surface area contributed by atoms with Gasteiger partial charge in [-0.3, -0.25) is 4.79 Å². The number of hydrogen-bond donors (Lipinski definition) is 0. The first kappa shape index (κ1) is 14.8. The normalized spacial score (nSPS) is 16.5. The lowest BCUT2D eigenvalue weighted by molar-refractivity contribution is -0.131. The summed E-state index contributed by atoms with van der Waals surface area (Å²) in [5.41, 5.74) is 0. The molecular formula is C13H21N3OS2. The van der Waals surface area contributed by atoms with E-state index in [-0.39, 0.29) is 5.91 Å². The molecule has 106 valence electrons. The van der Waals surface area contributed by atoms with Crippen molar-refractivity contribution in [1.82, 2.24) is 15.1 Å². The molecule has 4 nitrogen and oxygen atoms in total. The van der Waals surface area contributed by atoms with Crippen molar-refractivity contribution in [3.63, 3.8) is 0 Å². The molecule has 1 aromatic rings. The maximum atomic E-state index is 12.3. The molecule has 1 amide bonds. The maximum Gasteiger partial charge on any atom is 0.233 e. The number of hydrogen-bond acceptors (Lipinski definition) is 5. The summed E-state index contributed by atoms with van der Waals surface area (Å²) in [5, 5.41) is 8.97. The van der Waals surface area contributed by atoms with E-state index in [0.29, 0.717) is 11.8 Å². The highest BCUT2D eigenvalue weighted by Crippen LogP contribution is 2.25. The van der Waals surface area contributed by atoms with Crippen LogP contribution in [0.15, 0.2) is 4.34 Å². The second kappa shape index (κ2) is 7.24. The van der Waals surface area contributed by atoms with Crippen LogP contribution in [0.4, 0.5) is 0 Å². The van der Waals surface area contributed by atoms with E-state index in [1.807, 2.05) is 6.92 Å². The Balaban J connectivity index is 1.85. The fourth-order valence-corrected chi connectivity index (χ4v) is 4.28. The van der Waals surface area contributed by atoms with Crippen molar-refractivity contribution in [3.05, 3.63) is 5.01 Å². The molecule has 0 aliphatic heterocycles. The van der Waals surface area contributed by atoms with E-state index in [2.05, 4.69) is 22.0 Å². The van der Waals surface area contributed by atoms with Crippen molar-refractivity contribution in [2.75, 3.05) is 12.3 Å². The monoisotopic (exact) mass is 299 g/mol. The number of aryl methyl sites for hydroxylation is 1. The Morgan fingerprint density at radius 2 is 2.11 bits per heavy atom. The average molecular weight is 299 g/mol. The number of aromatic nitrogens is 2. The molecule has 0 unspecified atom stereocenters. The molecule has 1 fully saturated rings. The summed E-state index contributed by atoms with van der Waals surface area (Å²) in [7, 11) is 0. The van der Waals surface area contributed by atoms with Gasteiger partial charge in [-0.2, -0.15) is 0 Å². The largest absolute Gasteiger partial charge is 0.339 e. The van der Waals surface area contributed by atoms with Crippen molar-refractivity contribution >= 4 is 29.0 Å². The maximum absolute atomic E-state index is 12.3. The summed E-state index contributed by atoms with van der Waals surface area (Å²) in [6, 6.07) is 0.461. The van der Waals surface area contributed by atoms with Crippen LogP contribution in [-0.2, 0) is 4.79 Å². The predicted octanol–water partition coefficient (Wildman–Crippen LogP) is 3.12. The standard InChI is InChI=1S/C13H21N3OS2/c1-3-16(11-7-5-4-6-8-11)12(17)9-18-13-15-14-10(2)19-13/h11H,3-9H2,1-2H3.